The van der Waals surface area contributed by atoms with Crippen LogP contribution in [0.2, 0.25) is 0 Å². The molecule has 0 spiro atoms. The van der Waals surface area contributed by atoms with Crippen molar-refractivity contribution in [3.05, 3.63) is 175 Å². The highest BCUT2D eigenvalue weighted by molar-refractivity contribution is 6.26. The van der Waals surface area contributed by atoms with Crippen LogP contribution in [0.1, 0.15) is 11.1 Å². The van der Waals surface area contributed by atoms with Gasteiger partial charge in [0.05, 0.1) is 38.9 Å². The topological polar surface area (TPSA) is 72.3 Å². The number of nitriles is 1. The average molecular weight is 733 g/mol. The Hall–Kier alpha value is -7.57. The molecule has 0 radical (unpaired) electrons. The summed E-state index contributed by atoms with van der Waals surface area (Å²) >= 11 is 0. The standard InChI is InChI=1S/C47H27F3N6/c48-47(49,50)33-20-22-34(23-21-33)55-39-17-9-7-15-35(39)36-24-26-41-42(43(36)55)37-16-8-10-18-40(37)56(41)38-25-19-31(27-32(38)28-51)46-53-44(29-11-3-1-4-12-29)52-45(54-46)30-13-5-2-6-14-30/h1-27H. The van der Waals surface area contributed by atoms with Gasteiger partial charge in [-0.05, 0) is 60.7 Å². The molecule has 0 amide bonds. The Kier molecular flexibility index (Phi) is 7.54. The Morgan fingerprint density at radius 1 is 0.482 bits per heavy atom. The molecule has 0 saturated carbocycles. The molecule has 0 saturated heterocycles. The zero-order valence-corrected chi connectivity index (χ0v) is 29.4. The number of benzene rings is 7. The van der Waals surface area contributed by atoms with Gasteiger partial charge in [0.25, 0.3) is 0 Å². The van der Waals surface area contributed by atoms with Crippen LogP contribution in [-0.4, -0.2) is 24.1 Å². The van der Waals surface area contributed by atoms with E-state index < -0.39 is 11.7 Å². The lowest BCUT2D eigenvalue weighted by Gasteiger charge is -2.13. The van der Waals surface area contributed by atoms with Crippen LogP contribution in [0.15, 0.2) is 164 Å². The second-order valence-corrected chi connectivity index (χ2v) is 13.5. The average Bonchev–Trinajstić information content (AvgIpc) is 3.76. The largest absolute Gasteiger partial charge is 0.416 e. The molecule has 266 valence electrons. The summed E-state index contributed by atoms with van der Waals surface area (Å²) in [6.07, 6.45) is -4.45. The van der Waals surface area contributed by atoms with E-state index in [2.05, 4.69) is 22.8 Å². The fourth-order valence-corrected chi connectivity index (χ4v) is 7.73. The van der Waals surface area contributed by atoms with Gasteiger partial charge in [0.2, 0.25) is 0 Å². The van der Waals surface area contributed by atoms with E-state index in [1.807, 2.05) is 132 Å². The summed E-state index contributed by atoms with van der Waals surface area (Å²) in [7, 11) is 0. The number of fused-ring (bicyclic) bond motifs is 7. The fraction of sp³-hybridized carbons (Fsp3) is 0.0213. The maximum absolute atomic E-state index is 13.6. The third-order valence-electron chi connectivity index (χ3n) is 10.2. The van der Waals surface area contributed by atoms with Gasteiger partial charge < -0.3 is 9.13 Å². The van der Waals surface area contributed by atoms with Crippen LogP contribution in [-0.2, 0) is 6.18 Å². The summed E-state index contributed by atoms with van der Waals surface area (Å²) in [6, 6.07) is 52.8. The summed E-state index contributed by atoms with van der Waals surface area (Å²) in [6.45, 7) is 0. The van der Waals surface area contributed by atoms with Crippen molar-refractivity contribution in [1.29, 1.82) is 5.26 Å². The van der Waals surface area contributed by atoms with Crippen LogP contribution in [0.25, 0.3) is 89.2 Å². The predicted molar refractivity (Wildman–Crippen MR) is 215 cm³/mol. The van der Waals surface area contributed by atoms with Crippen LogP contribution < -0.4 is 0 Å². The van der Waals surface area contributed by atoms with E-state index >= 15 is 0 Å². The molecule has 6 nitrogen and oxygen atoms in total. The maximum Gasteiger partial charge on any atom is 0.416 e. The molecule has 0 N–H and O–H groups in total. The van der Waals surface area contributed by atoms with E-state index in [-0.39, 0.29) is 0 Å². The molecule has 0 atom stereocenters. The van der Waals surface area contributed by atoms with E-state index in [1.165, 1.54) is 12.1 Å². The van der Waals surface area contributed by atoms with E-state index in [9.17, 15) is 18.4 Å². The third kappa shape index (κ3) is 5.30. The van der Waals surface area contributed by atoms with Crippen molar-refractivity contribution in [3.8, 4) is 51.6 Å². The number of hydrogen-bond acceptors (Lipinski definition) is 4. The molecule has 10 aromatic rings. The Morgan fingerprint density at radius 3 is 1.64 bits per heavy atom. The number of rotatable bonds is 5. The summed E-state index contributed by atoms with van der Waals surface area (Å²) in [4.78, 5) is 14.6. The molecular weight excluding hydrogens is 706 g/mol. The van der Waals surface area contributed by atoms with Crippen LogP contribution in [0.5, 0.6) is 0 Å². The first-order valence-electron chi connectivity index (χ1n) is 17.9. The summed E-state index contributed by atoms with van der Waals surface area (Å²) in [5, 5.41) is 14.5. The predicted octanol–water partition coefficient (Wildman–Crippen LogP) is 12.0. The second kappa shape index (κ2) is 12.8. The zero-order chi connectivity index (χ0) is 38.0. The van der Waals surface area contributed by atoms with Gasteiger partial charge >= 0.3 is 6.18 Å². The molecule has 0 bridgehead atoms. The summed E-state index contributed by atoms with van der Waals surface area (Å²) < 4.78 is 45.0. The highest BCUT2D eigenvalue weighted by Crippen LogP contribution is 2.43. The van der Waals surface area contributed by atoms with Crippen molar-refractivity contribution in [2.24, 2.45) is 0 Å². The van der Waals surface area contributed by atoms with Crippen molar-refractivity contribution in [2.45, 2.75) is 6.18 Å². The van der Waals surface area contributed by atoms with Crippen molar-refractivity contribution in [3.63, 3.8) is 0 Å². The van der Waals surface area contributed by atoms with E-state index in [1.54, 1.807) is 0 Å². The van der Waals surface area contributed by atoms with Crippen LogP contribution in [0.4, 0.5) is 13.2 Å². The van der Waals surface area contributed by atoms with Gasteiger partial charge in [-0.25, -0.2) is 15.0 Å². The van der Waals surface area contributed by atoms with Gasteiger partial charge in [0.15, 0.2) is 17.5 Å². The number of aromatic nitrogens is 5. The summed E-state index contributed by atoms with van der Waals surface area (Å²) in [5.41, 5.74) is 6.78. The number of para-hydroxylation sites is 2. The quantitative estimate of drug-likeness (QED) is 0.177. The van der Waals surface area contributed by atoms with Crippen LogP contribution in [0, 0.1) is 11.3 Å². The molecule has 0 fully saturated rings. The molecule has 0 aliphatic heterocycles. The highest BCUT2D eigenvalue weighted by Gasteiger charge is 2.30. The lowest BCUT2D eigenvalue weighted by Crippen LogP contribution is -2.05. The Labute approximate surface area is 318 Å². The second-order valence-electron chi connectivity index (χ2n) is 13.5. The van der Waals surface area contributed by atoms with E-state index in [4.69, 9.17) is 15.0 Å². The molecule has 10 rings (SSSR count). The fourth-order valence-electron chi connectivity index (χ4n) is 7.73. The molecule has 56 heavy (non-hydrogen) atoms. The minimum atomic E-state index is -4.45. The first-order valence-corrected chi connectivity index (χ1v) is 17.9. The molecule has 3 aromatic heterocycles. The van der Waals surface area contributed by atoms with Gasteiger partial charge in [-0.2, -0.15) is 18.4 Å². The van der Waals surface area contributed by atoms with Gasteiger partial charge in [-0.1, -0.05) is 103 Å². The minimum Gasteiger partial charge on any atom is -0.309 e. The van der Waals surface area contributed by atoms with E-state index in [0.29, 0.717) is 40.0 Å². The normalized spacial score (nSPS) is 11.8. The molecular formula is C47H27F3N6. The first kappa shape index (κ1) is 33.0. The van der Waals surface area contributed by atoms with Crippen molar-refractivity contribution in [1.82, 2.24) is 24.1 Å². The molecule has 3 heterocycles. The monoisotopic (exact) mass is 732 g/mol. The van der Waals surface area contributed by atoms with Crippen molar-refractivity contribution in [2.75, 3.05) is 0 Å². The molecule has 0 unspecified atom stereocenters. The number of hydrogen-bond donors (Lipinski definition) is 0. The SMILES string of the molecule is N#Cc1cc(-c2nc(-c3ccccc3)nc(-c3ccccc3)n2)ccc1-n1c2ccccc2c2c1ccc1c3ccccc3n(-c3ccc(C(F)(F)F)cc3)c12. The van der Waals surface area contributed by atoms with Crippen LogP contribution in [0.3, 0.4) is 0 Å². The molecule has 0 aliphatic carbocycles. The number of alkyl halides is 3. The third-order valence-corrected chi connectivity index (χ3v) is 10.2. The van der Waals surface area contributed by atoms with Crippen molar-refractivity contribution < 1.29 is 13.2 Å². The van der Waals surface area contributed by atoms with E-state index in [0.717, 1.165) is 66.9 Å². The van der Waals surface area contributed by atoms with Gasteiger partial charge in [0.1, 0.15) is 6.07 Å². The highest BCUT2D eigenvalue weighted by atomic mass is 19.4. The lowest BCUT2D eigenvalue weighted by molar-refractivity contribution is -0.137. The smallest absolute Gasteiger partial charge is 0.309 e. The van der Waals surface area contributed by atoms with Crippen molar-refractivity contribution >= 4 is 43.6 Å². The Bertz CT molecular complexity index is 3120. The molecule has 7 aromatic carbocycles. The van der Waals surface area contributed by atoms with Gasteiger partial charge in [-0.3, -0.25) is 0 Å². The summed E-state index contributed by atoms with van der Waals surface area (Å²) in [5.74, 6) is 1.48. The van der Waals surface area contributed by atoms with Gasteiger partial charge in [-0.15, -0.1) is 0 Å². The number of halogens is 3. The maximum atomic E-state index is 13.6. The zero-order valence-electron chi connectivity index (χ0n) is 29.4. The lowest BCUT2D eigenvalue weighted by atomic mass is 10.1. The Morgan fingerprint density at radius 2 is 1.04 bits per heavy atom. The molecule has 0 aliphatic rings. The Balaban J connectivity index is 1.20. The minimum absolute atomic E-state index is 0.413. The molecule has 9 heteroatoms. The van der Waals surface area contributed by atoms with Gasteiger partial charge in [0, 0.05) is 43.9 Å². The van der Waals surface area contributed by atoms with Crippen LogP contribution >= 0.6 is 0 Å². The first-order chi connectivity index (χ1) is 27.4. The number of nitrogens with zero attached hydrogens (tertiary/aromatic N) is 6.